The summed E-state index contributed by atoms with van der Waals surface area (Å²) in [6.07, 6.45) is 1.84. The van der Waals surface area contributed by atoms with Gasteiger partial charge in [0.15, 0.2) is 4.87 Å². The number of hydrogen-bond donors (Lipinski definition) is 3. The van der Waals surface area contributed by atoms with Crippen molar-refractivity contribution in [3.63, 3.8) is 0 Å². The van der Waals surface area contributed by atoms with Crippen LogP contribution in [0.5, 0.6) is 0 Å². The van der Waals surface area contributed by atoms with E-state index in [1.807, 2.05) is 36.5 Å². The van der Waals surface area contributed by atoms with Gasteiger partial charge in [-0.2, -0.15) is 0 Å². The molecule has 0 aromatic heterocycles. The Kier molecular flexibility index (Phi) is 2.89. The van der Waals surface area contributed by atoms with Gasteiger partial charge in [-0.1, -0.05) is 42.1 Å². The minimum atomic E-state index is -0.722. The van der Waals surface area contributed by atoms with Gasteiger partial charge in [0.25, 0.3) is 5.91 Å². The number of benzene rings is 1. The van der Waals surface area contributed by atoms with Crippen LogP contribution in [-0.4, -0.2) is 10.8 Å². The van der Waals surface area contributed by atoms with E-state index in [0.717, 1.165) is 10.5 Å². The Balaban J connectivity index is 2.17. The molecule has 0 fully saturated rings. The second kappa shape index (κ2) is 4.19. The number of nitrogens with two attached hydrogens (primary N) is 1. The smallest absolute Gasteiger partial charge is 0.270 e. The minimum absolute atomic E-state index is 0.236. The molecule has 1 aliphatic rings. The van der Waals surface area contributed by atoms with E-state index >= 15 is 0 Å². The lowest BCUT2D eigenvalue weighted by Crippen LogP contribution is -2.50. The second-order valence-electron chi connectivity index (χ2n) is 3.63. The summed E-state index contributed by atoms with van der Waals surface area (Å²) in [6.45, 7) is 1.80. The first-order chi connectivity index (χ1) is 7.65. The van der Waals surface area contributed by atoms with Crippen LogP contribution in [0.15, 0.2) is 36.5 Å². The fourth-order valence-corrected chi connectivity index (χ4v) is 2.56. The largest absolute Gasteiger partial charge is 0.368 e. The van der Waals surface area contributed by atoms with Gasteiger partial charge in [0, 0.05) is 11.1 Å². The van der Waals surface area contributed by atoms with Gasteiger partial charge in [-0.25, -0.2) is 5.84 Å². The number of rotatable bonds is 2. The standard InChI is InChI=1S/C11H13N3OS/c1-11(10(15)14-12)13-7-9(16-11)8-5-3-2-4-6-8/h2-7,13H,12H2,1H3,(H,14,15). The Labute approximate surface area is 98.3 Å². The molecule has 1 aliphatic heterocycles. The highest BCUT2D eigenvalue weighted by Crippen LogP contribution is 2.40. The molecule has 0 radical (unpaired) electrons. The van der Waals surface area contributed by atoms with Crippen LogP contribution < -0.4 is 16.6 Å². The van der Waals surface area contributed by atoms with E-state index < -0.39 is 4.87 Å². The molecule has 4 N–H and O–H groups in total. The number of thioether (sulfide) groups is 1. The number of nitrogens with one attached hydrogen (secondary N) is 2. The molecule has 4 nitrogen and oxygen atoms in total. The SMILES string of the molecule is CC1(C(=O)NN)NC=C(c2ccccc2)S1. The molecule has 5 heteroatoms. The summed E-state index contributed by atoms with van der Waals surface area (Å²) in [6, 6.07) is 9.91. The van der Waals surface area contributed by atoms with E-state index in [1.54, 1.807) is 6.92 Å². The maximum absolute atomic E-state index is 11.6. The van der Waals surface area contributed by atoms with Crippen molar-refractivity contribution in [3.05, 3.63) is 42.1 Å². The quantitative estimate of drug-likeness (QED) is 0.407. The molecule has 1 aromatic carbocycles. The van der Waals surface area contributed by atoms with Crippen LogP contribution in [0.25, 0.3) is 4.91 Å². The Morgan fingerprint density at radius 3 is 2.75 bits per heavy atom. The molecule has 16 heavy (non-hydrogen) atoms. The zero-order valence-electron chi connectivity index (χ0n) is 8.86. The summed E-state index contributed by atoms with van der Waals surface area (Å²) in [4.78, 5) is 11.9. The van der Waals surface area contributed by atoms with Gasteiger partial charge >= 0.3 is 0 Å². The number of carbonyl (C=O) groups is 1. The third-order valence-electron chi connectivity index (χ3n) is 2.42. The fraction of sp³-hybridized carbons (Fsp3) is 0.182. The van der Waals surface area contributed by atoms with Crippen LogP contribution >= 0.6 is 11.8 Å². The van der Waals surface area contributed by atoms with Crippen molar-refractivity contribution in [2.24, 2.45) is 5.84 Å². The monoisotopic (exact) mass is 235 g/mol. The molecule has 1 aromatic rings. The zero-order valence-corrected chi connectivity index (χ0v) is 9.67. The van der Waals surface area contributed by atoms with E-state index in [1.165, 1.54) is 11.8 Å². The summed E-state index contributed by atoms with van der Waals surface area (Å²) in [7, 11) is 0. The Hall–Kier alpha value is -1.46. The van der Waals surface area contributed by atoms with Crippen molar-refractivity contribution in [2.75, 3.05) is 0 Å². The highest BCUT2D eigenvalue weighted by Gasteiger charge is 2.37. The van der Waals surface area contributed by atoms with Gasteiger partial charge < -0.3 is 5.32 Å². The molecule has 0 saturated carbocycles. The van der Waals surface area contributed by atoms with Crippen molar-refractivity contribution in [1.82, 2.24) is 10.7 Å². The highest BCUT2D eigenvalue weighted by molar-refractivity contribution is 8.10. The molecule has 1 heterocycles. The molecule has 1 unspecified atom stereocenters. The van der Waals surface area contributed by atoms with E-state index in [9.17, 15) is 4.79 Å². The third kappa shape index (κ3) is 1.91. The maximum atomic E-state index is 11.6. The number of carbonyl (C=O) groups excluding carboxylic acids is 1. The predicted octanol–water partition coefficient (Wildman–Crippen LogP) is 1.03. The Bertz CT molecular complexity index is 432. The molecule has 1 atom stereocenters. The minimum Gasteiger partial charge on any atom is -0.368 e. The van der Waals surface area contributed by atoms with Gasteiger partial charge in [0.1, 0.15) is 0 Å². The van der Waals surface area contributed by atoms with Crippen molar-refractivity contribution in [1.29, 1.82) is 0 Å². The molecule has 0 spiro atoms. The summed E-state index contributed by atoms with van der Waals surface area (Å²) in [5.41, 5.74) is 3.26. The summed E-state index contributed by atoms with van der Waals surface area (Å²) < 4.78 is 0. The van der Waals surface area contributed by atoms with Crippen molar-refractivity contribution in [3.8, 4) is 0 Å². The molecular formula is C11H13N3OS. The van der Waals surface area contributed by atoms with Crippen molar-refractivity contribution >= 4 is 22.6 Å². The van der Waals surface area contributed by atoms with Crippen LogP contribution in [0.3, 0.4) is 0 Å². The van der Waals surface area contributed by atoms with Crippen LogP contribution in [0.1, 0.15) is 12.5 Å². The normalized spacial score (nSPS) is 23.5. The van der Waals surface area contributed by atoms with Gasteiger partial charge in [0.05, 0.1) is 0 Å². The number of hydrogen-bond acceptors (Lipinski definition) is 4. The van der Waals surface area contributed by atoms with Gasteiger partial charge in [-0.15, -0.1) is 0 Å². The van der Waals surface area contributed by atoms with E-state index in [0.29, 0.717) is 0 Å². The maximum Gasteiger partial charge on any atom is 0.270 e. The molecule has 2 rings (SSSR count). The van der Waals surface area contributed by atoms with Crippen molar-refractivity contribution < 1.29 is 4.79 Å². The summed E-state index contributed by atoms with van der Waals surface area (Å²) >= 11 is 1.46. The van der Waals surface area contributed by atoms with Crippen LogP contribution in [0.4, 0.5) is 0 Å². The molecular weight excluding hydrogens is 222 g/mol. The van der Waals surface area contributed by atoms with Crippen molar-refractivity contribution in [2.45, 2.75) is 11.8 Å². The molecule has 0 saturated heterocycles. The van der Waals surface area contributed by atoms with Gasteiger partial charge in [-0.05, 0) is 12.5 Å². The van der Waals surface area contributed by atoms with E-state index in [-0.39, 0.29) is 5.91 Å². The van der Waals surface area contributed by atoms with Gasteiger partial charge in [-0.3, -0.25) is 10.2 Å². The average Bonchev–Trinajstić information content (AvgIpc) is 2.73. The molecule has 0 bridgehead atoms. The second-order valence-corrected chi connectivity index (χ2v) is 5.09. The lowest BCUT2D eigenvalue weighted by Gasteiger charge is -2.21. The average molecular weight is 235 g/mol. The lowest BCUT2D eigenvalue weighted by molar-refractivity contribution is -0.123. The van der Waals surface area contributed by atoms with Crippen LogP contribution in [-0.2, 0) is 4.79 Å². The number of hydrazine groups is 1. The Morgan fingerprint density at radius 2 is 2.12 bits per heavy atom. The third-order valence-corrected chi connectivity index (χ3v) is 3.70. The number of amides is 1. The topological polar surface area (TPSA) is 67.2 Å². The molecule has 84 valence electrons. The van der Waals surface area contributed by atoms with Crippen LogP contribution in [0.2, 0.25) is 0 Å². The summed E-state index contributed by atoms with van der Waals surface area (Å²) in [5, 5.41) is 3.04. The van der Waals surface area contributed by atoms with E-state index in [4.69, 9.17) is 5.84 Å². The lowest BCUT2D eigenvalue weighted by atomic mass is 10.2. The zero-order chi connectivity index (χ0) is 11.6. The highest BCUT2D eigenvalue weighted by atomic mass is 32.2. The Morgan fingerprint density at radius 1 is 1.44 bits per heavy atom. The summed E-state index contributed by atoms with van der Waals surface area (Å²) in [5.74, 6) is 4.91. The molecule has 1 amide bonds. The van der Waals surface area contributed by atoms with Gasteiger partial charge in [0.2, 0.25) is 0 Å². The first-order valence-electron chi connectivity index (χ1n) is 4.89. The first kappa shape index (κ1) is 11.0. The predicted molar refractivity (Wildman–Crippen MR) is 65.9 cm³/mol. The molecule has 0 aliphatic carbocycles. The van der Waals surface area contributed by atoms with Crippen LogP contribution in [0, 0.1) is 0 Å². The fourth-order valence-electron chi connectivity index (χ4n) is 1.48. The first-order valence-corrected chi connectivity index (χ1v) is 5.71. The van der Waals surface area contributed by atoms with E-state index in [2.05, 4.69) is 10.7 Å².